The number of amides is 2. The zero-order chi connectivity index (χ0) is 17.8. The highest BCUT2D eigenvalue weighted by Crippen LogP contribution is 2.28. The van der Waals surface area contributed by atoms with Crippen molar-refractivity contribution in [3.8, 4) is 0 Å². The predicted octanol–water partition coefficient (Wildman–Crippen LogP) is 2.18. The molecule has 2 aliphatic heterocycles. The van der Waals surface area contributed by atoms with Crippen molar-refractivity contribution in [2.75, 3.05) is 50.7 Å². The standard InChI is InChI=1S/C20H31N5O/c26-20(22-15-17-7-10-25(16-17)18-3-1-2-4-18)24-13-11-23(12-14-24)19-5-8-21-9-6-19/h5-6,8-9,17-18H,1-4,7,10-16H2,(H,22,26)/t17-/m1/s1. The fourth-order valence-corrected chi connectivity index (χ4v) is 4.70. The maximum absolute atomic E-state index is 12.5. The Balaban J connectivity index is 1.18. The van der Waals surface area contributed by atoms with Crippen LogP contribution in [0.3, 0.4) is 0 Å². The summed E-state index contributed by atoms with van der Waals surface area (Å²) in [6.07, 6.45) is 10.4. The molecular weight excluding hydrogens is 326 g/mol. The van der Waals surface area contributed by atoms with E-state index in [-0.39, 0.29) is 6.03 Å². The molecule has 0 bridgehead atoms. The Morgan fingerprint density at radius 2 is 1.77 bits per heavy atom. The Kier molecular flexibility index (Phi) is 5.58. The van der Waals surface area contributed by atoms with Gasteiger partial charge in [-0.2, -0.15) is 0 Å². The van der Waals surface area contributed by atoms with Crippen molar-refractivity contribution >= 4 is 11.7 Å². The zero-order valence-corrected chi connectivity index (χ0v) is 15.6. The number of urea groups is 1. The number of carbonyl (C=O) groups excluding carboxylic acids is 1. The second kappa shape index (κ2) is 8.25. The van der Waals surface area contributed by atoms with Gasteiger partial charge in [0.15, 0.2) is 0 Å². The van der Waals surface area contributed by atoms with Crippen LogP contribution in [0, 0.1) is 5.92 Å². The van der Waals surface area contributed by atoms with Crippen molar-refractivity contribution in [2.24, 2.45) is 5.92 Å². The number of anilines is 1. The van der Waals surface area contributed by atoms with E-state index in [4.69, 9.17) is 0 Å². The quantitative estimate of drug-likeness (QED) is 0.897. The Hall–Kier alpha value is -1.82. The van der Waals surface area contributed by atoms with E-state index in [1.54, 1.807) is 0 Å². The maximum atomic E-state index is 12.5. The summed E-state index contributed by atoms with van der Waals surface area (Å²) >= 11 is 0. The van der Waals surface area contributed by atoms with E-state index in [2.05, 4.69) is 20.1 Å². The van der Waals surface area contributed by atoms with Gasteiger partial charge in [-0.1, -0.05) is 12.8 Å². The van der Waals surface area contributed by atoms with Crippen molar-refractivity contribution in [2.45, 2.75) is 38.1 Å². The molecule has 1 aromatic heterocycles. The highest BCUT2D eigenvalue weighted by molar-refractivity contribution is 5.74. The van der Waals surface area contributed by atoms with Crippen LogP contribution in [-0.4, -0.2) is 72.7 Å². The number of hydrogen-bond donors (Lipinski definition) is 1. The summed E-state index contributed by atoms with van der Waals surface area (Å²) < 4.78 is 0. The average Bonchev–Trinajstić information content (AvgIpc) is 3.38. The lowest BCUT2D eigenvalue weighted by atomic mass is 10.1. The molecule has 6 nitrogen and oxygen atoms in total. The molecule has 1 atom stereocenters. The Bertz CT molecular complexity index is 581. The van der Waals surface area contributed by atoms with Gasteiger partial charge in [-0.05, 0) is 43.9 Å². The molecular formula is C20H31N5O. The van der Waals surface area contributed by atoms with E-state index in [1.165, 1.54) is 50.9 Å². The van der Waals surface area contributed by atoms with Crippen molar-refractivity contribution in [1.82, 2.24) is 20.1 Å². The summed E-state index contributed by atoms with van der Waals surface area (Å²) in [4.78, 5) is 23.5. The van der Waals surface area contributed by atoms with Gasteiger partial charge in [-0.15, -0.1) is 0 Å². The van der Waals surface area contributed by atoms with Crippen LogP contribution in [0.4, 0.5) is 10.5 Å². The molecule has 3 fully saturated rings. The van der Waals surface area contributed by atoms with Crippen LogP contribution in [0.5, 0.6) is 0 Å². The van der Waals surface area contributed by atoms with Crippen LogP contribution in [0.2, 0.25) is 0 Å². The molecule has 0 spiro atoms. The third kappa shape index (κ3) is 4.11. The summed E-state index contributed by atoms with van der Waals surface area (Å²) in [6.45, 7) is 6.55. The van der Waals surface area contributed by atoms with Crippen LogP contribution < -0.4 is 10.2 Å². The molecule has 0 aromatic carbocycles. The van der Waals surface area contributed by atoms with Crippen LogP contribution in [0.1, 0.15) is 32.1 Å². The maximum Gasteiger partial charge on any atom is 0.317 e. The molecule has 1 aliphatic carbocycles. The number of pyridine rings is 1. The topological polar surface area (TPSA) is 51.7 Å². The van der Waals surface area contributed by atoms with E-state index >= 15 is 0 Å². The fraction of sp³-hybridized carbons (Fsp3) is 0.700. The smallest absolute Gasteiger partial charge is 0.317 e. The first-order valence-corrected chi connectivity index (χ1v) is 10.2. The minimum absolute atomic E-state index is 0.110. The second-order valence-corrected chi connectivity index (χ2v) is 7.95. The number of hydrogen-bond acceptors (Lipinski definition) is 4. The Morgan fingerprint density at radius 1 is 1.04 bits per heavy atom. The average molecular weight is 358 g/mol. The van der Waals surface area contributed by atoms with E-state index in [9.17, 15) is 4.79 Å². The zero-order valence-electron chi connectivity index (χ0n) is 15.6. The van der Waals surface area contributed by atoms with E-state index in [0.717, 1.165) is 38.8 Å². The number of likely N-dealkylation sites (tertiary alicyclic amines) is 1. The lowest BCUT2D eigenvalue weighted by Gasteiger charge is -2.36. The lowest BCUT2D eigenvalue weighted by molar-refractivity contribution is 0.191. The summed E-state index contributed by atoms with van der Waals surface area (Å²) in [5.41, 5.74) is 1.19. The molecule has 0 radical (unpaired) electrons. The normalized spacial score (nSPS) is 25.0. The largest absolute Gasteiger partial charge is 0.368 e. The van der Waals surface area contributed by atoms with E-state index in [1.807, 2.05) is 29.4 Å². The molecule has 1 N–H and O–H groups in total. The molecule has 2 saturated heterocycles. The van der Waals surface area contributed by atoms with Gasteiger partial charge in [0, 0.05) is 63.4 Å². The molecule has 1 saturated carbocycles. The van der Waals surface area contributed by atoms with E-state index in [0.29, 0.717) is 5.92 Å². The molecule has 4 rings (SSSR count). The van der Waals surface area contributed by atoms with Crippen molar-refractivity contribution < 1.29 is 4.79 Å². The first-order chi connectivity index (χ1) is 12.8. The molecule has 142 valence electrons. The Labute approximate surface area is 156 Å². The highest BCUT2D eigenvalue weighted by atomic mass is 16.2. The SMILES string of the molecule is O=C(NC[C@H]1CCN(C2CCCC2)C1)N1CCN(c2ccncc2)CC1. The number of nitrogens with one attached hydrogen (secondary N) is 1. The van der Waals surface area contributed by atoms with Gasteiger partial charge in [0.1, 0.15) is 0 Å². The molecule has 3 aliphatic rings. The number of nitrogens with zero attached hydrogens (tertiary/aromatic N) is 4. The monoisotopic (exact) mass is 357 g/mol. The number of aromatic nitrogens is 1. The summed E-state index contributed by atoms with van der Waals surface area (Å²) in [5.74, 6) is 0.623. The third-order valence-corrected chi connectivity index (χ3v) is 6.30. The van der Waals surface area contributed by atoms with Gasteiger partial charge in [-0.3, -0.25) is 4.98 Å². The van der Waals surface area contributed by atoms with Crippen LogP contribution >= 0.6 is 0 Å². The van der Waals surface area contributed by atoms with Gasteiger partial charge in [0.05, 0.1) is 0 Å². The van der Waals surface area contributed by atoms with Crippen LogP contribution in [-0.2, 0) is 0 Å². The number of carbonyl (C=O) groups is 1. The van der Waals surface area contributed by atoms with Gasteiger partial charge < -0.3 is 20.0 Å². The summed E-state index contributed by atoms with van der Waals surface area (Å²) in [7, 11) is 0. The minimum Gasteiger partial charge on any atom is -0.368 e. The van der Waals surface area contributed by atoms with Crippen molar-refractivity contribution in [3.05, 3.63) is 24.5 Å². The van der Waals surface area contributed by atoms with Gasteiger partial charge in [0.25, 0.3) is 0 Å². The molecule has 0 unspecified atom stereocenters. The predicted molar refractivity (Wildman–Crippen MR) is 103 cm³/mol. The van der Waals surface area contributed by atoms with Gasteiger partial charge >= 0.3 is 6.03 Å². The first-order valence-electron chi connectivity index (χ1n) is 10.2. The first kappa shape index (κ1) is 17.6. The highest BCUT2D eigenvalue weighted by Gasteiger charge is 2.30. The lowest BCUT2D eigenvalue weighted by Crippen LogP contribution is -2.52. The van der Waals surface area contributed by atoms with Crippen LogP contribution in [0.15, 0.2) is 24.5 Å². The fourth-order valence-electron chi connectivity index (χ4n) is 4.70. The van der Waals surface area contributed by atoms with Crippen molar-refractivity contribution in [3.63, 3.8) is 0 Å². The van der Waals surface area contributed by atoms with E-state index < -0.39 is 0 Å². The van der Waals surface area contributed by atoms with Crippen LogP contribution in [0.25, 0.3) is 0 Å². The molecule has 3 heterocycles. The van der Waals surface area contributed by atoms with Gasteiger partial charge in [0.2, 0.25) is 0 Å². The summed E-state index contributed by atoms with van der Waals surface area (Å²) in [6, 6.07) is 4.99. The molecule has 1 aromatic rings. The minimum atomic E-state index is 0.110. The van der Waals surface area contributed by atoms with Gasteiger partial charge in [-0.25, -0.2) is 4.79 Å². The number of piperazine rings is 1. The number of rotatable bonds is 4. The third-order valence-electron chi connectivity index (χ3n) is 6.30. The van der Waals surface area contributed by atoms with Crippen molar-refractivity contribution in [1.29, 1.82) is 0 Å². The molecule has 2 amide bonds. The Morgan fingerprint density at radius 3 is 2.50 bits per heavy atom. The molecule has 26 heavy (non-hydrogen) atoms. The second-order valence-electron chi connectivity index (χ2n) is 7.95. The summed E-state index contributed by atoms with van der Waals surface area (Å²) in [5, 5.41) is 3.19. The molecule has 6 heteroatoms.